The first-order valence-corrected chi connectivity index (χ1v) is 13.8. The number of carbonyl (C=O) groups is 1. The molecule has 12 heteroatoms. The van der Waals surface area contributed by atoms with Crippen LogP contribution in [0, 0.1) is 0 Å². The van der Waals surface area contributed by atoms with Gasteiger partial charge in [0.2, 0.25) is 10.0 Å². The van der Waals surface area contributed by atoms with E-state index >= 15 is 0 Å². The molecule has 10 nitrogen and oxygen atoms in total. The Kier molecular flexibility index (Phi) is 9.26. The summed E-state index contributed by atoms with van der Waals surface area (Å²) in [5.41, 5.74) is 1.98. The number of hydrogen-bond donors (Lipinski definition) is 3. The van der Waals surface area contributed by atoms with Crippen molar-refractivity contribution in [1.82, 2.24) is 24.5 Å². The number of nitrogens with one attached hydrogen (secondary N) is 3. The second-order valence-electron chi connectivity index (χ2n) is 8.22. The molecule has 0 bridgehead atoms. The highest BCUT2D eigenvalue weighted by Gasteiger charge is 2.15. The minimum Gasteiger partial charge on any atom is -0.340 e. The smallest absolute Gasteiger partial charge is 0.253 e. The van der Waals surface area contributed by atoms with Crippen LogP contribution in [0.25, 0.3) is 0 Å². The Morgan fingerprint density at radius 1 is 0.944 bits per heavy atom. The maximum Gasteiger partial charge on any atom is 0.253 e. The third-order valence-electron chi connectivity index (χ3n) is 5.31. The molecule has 3 rings (SSSR count). The van der Waals surface area contributed by atoms with Gasteiger partial charge in [0, 0.05) is 42.3 Å². The van der Waals surface area contributed by atoms with Crippen LogP contribution in [-0.4, -0.2) is 81.6 Å². The monoisotopic (exact) mass is 529 g/mol. The number of anilines is 4. The minimum atomic E-state index is -3.58. The summed E-state index contributed by atoms with van der Waals surface area (Å²) in [7, 11) is 3.53. The molecule has 2 aromatic carbocycles. The van der Waals surface area contributed by atoms with Crippen molar-refractivity contribution >= 4 is 50.7 Å². The van der Waals surface area contributed by atoms with E-state index in [4.69, 9.17) is 0 Å². The normalized spacial score (nSPS) is 11.4. The summed E-state index contributed by atoms with van der Waals surface area (Å²) in [6.45, 7) is 1.44. The molecular formula is C24H31N7O3S2. The first-order valence-electron chi connectivity index (χ1n) is 11.1. The first kappa shape index (κ1) is 27.4. The Labute approximate surface area is 216 Å². The van der Waals surface area contributed by atoms with Crippen LogP contribution in [0.15, 0.2) is 64.6 Å². The zero-order chi connectivity index (χ0) is 26.3. The Morgan fingerprint density at radius 3 is 2.22 bits per heavy atom. The lowest BCUT2D eigenvalue weighted by molar-refractivity contribution is 0.0786. The topological polar surface area (TPSA) is 120 Å². The van der Waals surface area contributed by atoms with E-state index in [2.05, 4.69) is 25.3 Å². The molecule has 3 aromatic rings. The highest BCUT2D eigenvalue weighted by Crippen LogP contribution is 2.30. The molecule has 0 fully saturated rings. The van der Waals surface area contributed by atoms with Gasteiger partial charge in [-0.2, -0.15) is 0 Å². The number of rotatable bonds is 11. The number of nitrogens with zero attached hydrogens (tertiary/aromatic N) is 4. The largest absolute Gasteiger partial charge is 0.340 e. The Balaban J connectivity index is 1.73. The van der Waals surface area contributed by atoms with Crippen molar-refractivity contribution < 1.29 is 13.2 Å². The minimum absolute atomic E-state index is 0.0379. The van der Waals surface area contributed by atoms with Gasteiger partial charge in [-0.25, -0.2) is 23.1 Å². The average Bonchev–Trinajstić information content (AvgIpc) is 2.87. The number of hydrogen-bond acceptors (Lipinski definition) is 9. The lowest BCUT2D eigenvalue weighted by Crippen LogP contribution is -2.33. The Morgan fingerprint density at radius 2 is 1.61 bits per heavy atom. The highest BCUT2D eigenvalue weighted by molar-refractivity contribution is 7.98. The fraction of sp³-hybridized carbons (Fsp3) is 0.292. The van der Waals surface area contributed by atoms with E-state index in [1.807, 2.05) is 37.4 Å². The Hall–Kier alpha value is -3.19. The van der Waals surface area contributed by atoms with Gasteiger partial charge < -0.3 is 20.4 Å². The summed E-state index contributed by atoms with van der Waals surface area (Å²) >= 11 is 1.49. The average molecular weight is 530 g/mol. The molecule has 0 unspecified atom stereocenters. The lowest BCUT2D eigenvalue weighted by Gasteiger charge is -2.19. The molecule has 192 valence electrons. The number of aromatic nitrogens is 2. The standard InChI is InChI=1S/C24H31N7O3S2/c1-25-36(33,34)19-10-11-21(35-5)20(14-19)29-23-15-22(26-16-27-23)28-18-8-6-17(7-9-18)24(32)31(4)13-12-30(2)3/h6-11,14-16,25H,12-13H2,1-5H3,(H2,26,27,28,29). The van der Waals surface area contributed by atoms with Crippen molar-refractivity contribution in [2.45, 2.75) is 9.79 Å². The van der Waals surface area contributed by atoms with Gasteiger partial charge in [-0.15, -0.1) is 11.8 Å². The van der Waals surface area contributed by atoms with Gasteiger partial charge in [-0.3, -0.25) is 4.79 Å². The van der Waals surface area contributed by atoms with Crippen molar-refractivity contribution in [1.29, 1.82) is 0 Å². The van der Waals surface area contributed by atoms with Crippen molar-refractivity contribution in [2.75, 3.05) is 58.2 Å². The van der Waals surface area contributed by atoms with E-state index in [-0.39, 0.29) is 10.8 Å². The molecule has 0 spiro atoms. The van der Waals surface area contributed by atoms with Crippen molar-refractivity contribution in [2.24, 2.45) is 0 Å². The number of sulfonamides is 1. The third kappa shape index (κ3) is 7.17. The van der Waals surface area contributed by atoms with Crippen molar-refractivity contribution in [3.63, 3.8) is 0 Å². The zero-order valence-electron chi connectivity index (χ0n) is 20.9. The Bertz CT molecular complexity index is 1300. The van der Waals surface area contributed by atoms with E-state index in [1.165, 1.54) is 25.1 Å². The molecule has 0 saturated heterocycles. The molecule has 1 aromatic heterocycles. The lowest BCUT2D eigenvalue weighted by atomic mass is 10.2. The molecule has 1 amide bonds. The fourth-order valence-corrected chi connectivity index (χ4v) is 4.51. The predicted octanol–water partition coefficient (Wildman–Crippen LogP) is 3.23. The van der Waals surface area contributed by atoms with Crippen LogP contribution >= 0.6 is 11.8 Å². The van der Waals surface area contributed by atoms with Crippen LogP contribution in [-0.2, 0) is 10.0 Å². The summed E-state index contributed by atoms with van der Waals surface area (Å²) < 4.78 is 26.8. The molecule has 3 N–H and O–H groups in total. The maximum atomic E-state index is 12.6. The predicted molar refractivity (Wildman–Crippen MR) is 145 cm³/mol. The molecule has 36 heavy (non-hydrogen) atoms. The van der Waals surface area contributed by atoms with Crippen molar-refractivity contribution in [3.05, 3.63) is 60.4 Å². The molecule has 0 radical (unpaired) electrons. The van der Waals surface area contributed by atoms with Crippen LogP contribution in [0.4, 0.5) is 23.0 Å². The molecule has 1 heterocycles. The zero-order valence-corrected chi connectivity index (χ0v) is 22.6. The van der Waals surface area contributed by atoms with Gasteiger partial charge >= 0.3 is 0 Å². The first-order chi connectivity index (χ1) is 17.1. The van der Waals surface area contributed by atoms with Crippen molar-refractivity contribution in [3.8, 4) is 0 Å². The molecule has 0 aliphatic heterocycles. The SMILES string of the molecule is CNS(=O)(=O)c1ccc(SC)c(Nc2cc(Nc3ccc(C(=O)N(C)CCN(C)C)cc3)ncn2)c1. The van der Waals surface area contributed by atoms with Gasteiger partial charge in [0.25, 0.3) is 5.91 Å². The van der Waals surface area contributed by atoms with Gasteiger partial charge in [0.05, 0.1) is 10.6 Å². The quantitative estimate of drug-likeness (QED) is 0.322. The number of thioether (sulfide) groups is 1. The van der Waals surface area contributed by atoms with Gasteiger partial charge in [0.15, 0.2) is 0 Å². The summed E-state index contributed by atoms with van der Waals surface area (Å²) in [6.07, 6.45) is 3.32. The second kappa shape index (κ2) is 12.2. The van der Waals surface area contributed by atoms with Gasteiger partial charge in [-0.1, -0.05) is 0 Å². The van der Waals surface area contributed by atoms with Crippen LogP contribution in [0.3, 0.4) is 0 Å². The second-order valence-corrected chi connectivity index (χ2v) is 11.0. The van der Waals surface area contributed by atoms with E-state index in [1.54, 1.807) is 48.3 Å². The molecular weight excluding hydrogens is 498 g/mol. The fourth-order valence-electron chi connectivity index (χ4n) is 3.22. The number of likely N-dealkylation sites (N-methyl/N-ethyl adjacent to an activating group) is 2. The highest BCUT2D eigenvalue weighted by atomic mass is 32.2. The van der Waals surface area contributed by atoms with Crippen LogP contribution in [0.1, 0.15) is 10.4 Å². The van der Waals surface area contributed by atoms with E-state index in [0.29, 0.717) is 29.4 Å². The summed E-state index contributed by atoms with van der Waals surface area (Å²) in [5.74, 6) is 1.000. The maximum absolute atomic E-state index is 12.6. The molecule has 0 atom stereocenters. The summed E-state index contributed by atoms with van der Waals surface area (Å²) in [4.78, 5) is 25.9. The van der Waals surface area contributed by atoms with E-state index in [0.717, 1.165) is 17.1 Å². The van der Waals surface area contributed by atoms with Gasteiger partial charge in [0.1, 0.15) is 18.0 Å². The molecule has 0 aliphatic carbocycles. The third-order valence-corrected chi connectivity index (χ3v) is 7.52. The molecule has 0 aliphatic rings. The molecule has 0 saturated carbocycles. The summed E-state index contributed by atoms with van der Waals surface area (Å²) in [6, 6.07) is 13.8. The van der Waals surface area contributed by atoms with Crippen LogP contribution < -0.4 is 15.4 Å². The van der Waals surface area contributed by atoms with Crippen LogP contribution in [0.2, 0.25) is 0 Å². The number of carbonyl (C=O) groups excluding carboxylic acids is 1. The van der Waals surface area contributed by atoms with Crippen LogP contribution in [0.5, 0.6) is 0 Å². The van der Waals surface area contributed by atoms with E-state index < -0.39 is 10.0 Å². The number of amides is 1. The summed E-state index contributed by atoms with van der Waals surface area (Å²) in [5, 5.41) is 6.39. The number of benzene rings is 2. The van der Waals surface area contributed by atoms with Gasteiger partial charge in [-0.05, 0) is 69.9 Å². The van der Waals surface area contributed by atoms with E-state index in [9.17, 15) is 13.2 Å².